The Morgan fingerprint density at radius 2 is 1.62 bits per heavy atom. The zero-order valence-electron chi connectivity index (χ0n) is 19.0. The molecule has 2 aromatic rings. The van der Waals surface area contributed by atoms with Crippen LogP contribution in [0.1, 0.15) is 31.9 Å². The average Bonchev–Trinajstić information content (AvgIpc) is 2.70. The summed E-state index contributed by atoms with van der Waals surface area (Å²) < 4.78 is 40.4. The summed E-state index contributed by atoms with van der Waals surface area (Å²) in [5.74, 6) is -1.54. The highest BCUT2D eigenvalue weighted by Gasteiger charge is 2.31. The SMILES string of the molecule is Cc1ccccc1N(CC(=O)N(Cc1ccccc1F)[C@@H](C)C(=O)NC(C)C)S(C)(=O)=O. The smallest absolute Gasteiger partial charge is 0.244 e. The molecule has 2 rings (SSSR count). The Bertz CT molecular complexity index is 1070. The quantitative estimate of drug-likeness (QED) is 0.620. The fraction of sp³-hybridized carbons (Fsp3) is 0.391. The summed E-state index contributed by atoms with van der Waals surface area (Å²) >= 11 is 0. The number of hydrogen-bond donors (Lipinski definition) is 1. The number of amides is 2. The van der Waals surface area contributed by atoms with E-state index in [-0.39, 0.29) is 18.2 Å². The van der Waals surface area contributed by atoms with Crippen molar-refractivity contribution in [3.8, 4) is 0 Å². The van der Waals surface area contributed by atoms with Gasteiger partial charge < -0.3 is 10.2 Å². The number of nitrogens with zero attached hydrogens (tertiary/aromatic N) is 2. The molecule has 174 valence electrons. The molecule has 0 saturated heterocycles. The average molecular weight is 464 g/mol. The van der Waals surface area contributed by atoms with Crippen molar-refractivity contribution < 1.29 is 22.4 Å². The topological polar surface area (TPSA) is 86.8 Å². The molecule has 0 fully saturated rings. The van der Waals surface area contributed by atoms with Crippen molar-refractivity contribution >= 4 is 27.5 Å². The Hall–Kier alpha value is -2.94. The number of para-hydroxylation sites is 1. The van der Waals surface area contributed by atoms with E-state index in [1.807, 2.05) is 0 Å². The number of halogens is 1. The summed E-state index contributed by atoms with van der Waals surface area (Å²) in [4.78, 5) is 27.2. The standard InChI is InChI=1S/C23H30FN3O4S/c1-16(2)25-23(29)18(4)26(14-19-11-7-8-12-20(19)24)22(28)15-27(32(5,30)31)21-13-9-6-10-17(21)3/h6-13,16,18H,14-15H2,1-5H3,(H,25,29)/t18-/m0/s1. The molecular weight excluding hydrogens is 433 g/mol. The van der Waals surface area contributed by atoms with Crippen LogP contribution in [0, 0.1) is 12.7 Å². The van der Waals surface area contributed by atoms with Crippen LogP contribution in [0.5, 0.6) is 0 Å². The van der Waals surface area contributed by atoms with Gasteiger partial charge in [-0.2, -0.15) is 0 Å². The van der Waals surface area contributed by atoms with Crippen LogP contribution in [0.25, 0.3) is 0 Å². The third-order valence-electron chi connectivity index (χ3n) is 4.96. The number of sulfonamides is 1. The van der Waals surface area contributed by atoms with Gasteiger partial charge in [0.25, 0.3) is 0 Å². The van der Waals surface area contributed by atoms with Gasteiger partial charge in [-0.15, -0.1) is 0 Å². The number of rotatable bonds is 9. The number of aryl methyl sites for hydroxylation is 1. The highest BCUT2D eigenvalue weighted by Crippen LogP contribution is 2.23. The van der Waals surface area contributed by atoms with E-state index in [2.05, 4.69) is 5.32 Å². The second-order valence-electron chi connectivity index (χ2n) is 8.01. The molecule has 0 aliphatic rings. The van der Waals surface area contributed by atoms with Crippen LogP contribution in [0.15, 0.2) is 48.5 Å². The van der Waals surface area contributed by atoms with Gasteiger partial charge >= 0.3 is 0 Å². The molecular formula is C23H30FN3O4S. The number of nitrogens with one attached hydrogen (secondary N) is 1. The number of benzene rings is 2. The monoisotopic (exact) mass is 463 g/mol. The maximum absolute atomic E-state index is 14.3. The third kappa shape index (κ3) is 6.53. The van der Waals surface area contributed by atoms with Gasteiger partial charge in [-0.3, -0.25) is 13.9 Å². The van der Waals surface area contributed by atoms with Crippen molar-refractivity contribution in [2.45, 2.75) is 46.3 Å². The van der Waals surface area contributed by atoms with Gasteiger partial charge in [0.15, 0.2) is 0 Å². The van der Waals surface area contributed by atoms with Crippen molar-refractivity contribution in [1.29, 1.82) is 0 Å². The van der Waals surface area contributed by atoms with E-state index < -0.39 is 40.2 Å². The largest absolute Gasteiger partial charge is 0.352 e. The number of hydrogen-bond acceptors (Lipinski definition) is 4. The molecule has 7 nitrogen and oxygen atoms in total. The molecule has 0 spiro atoms. The molecule has 0 aromatic heterocycles. The highest BCUT2D eigenvalue weighted by molar-refractivity contribution is 7.92. The van der Waals surface area contributed by atoms with E-state index in [9.17, 15) is 22.4 Å². The summed E-state index contributed by atoms with van der Waals surface area (Å²) in [6, 6.07) is 11.7. The fourth-order valence-electron chi connectivity index (χ4n) is 3.24. The van der Waals surface area contributed by atoms with Crippen LogP contribution in [0.4, 0.5) is 10.1 Å². The first kappa shape index (κ1) is 25.3. The van der Waals surface area contributed by atoms with Crippen molar-refractivity contribution in [2.75, 3.05) is 17.1 Å². The molecule has 0 heterocycles. The Labute approximate surface area is 189 Å². The van der Waals surface area contributed by atoms with E-state index in [0.29, 0.717) is 11.3 Å². The number of anilines is 1. The summed E-state index contributed by atoms with van der Waals surface area (Å²) in [5.41, 5.74) is 1.28. The van der Waals surface area contributed by atoms with Gasteiger partial charge in [0.1, 0.15) is 18.4 Å². The molecule has 1 N–H and O–H groups in total. The van der Waals surface area contributed by atoms with E-state index in [1.165, 1.54) is 30.0 Å². The molecule has 0 radical (unpaired) electrons. The van der Waals surface area contributed by atoms with E-state index in [4.69, 9.17) is 0 Å². The first-order chi connectivity index (χ1) is 14.9. The van der Waals surface area contributed by atoms with Crippen molar-refractivity contribution in [1.82, 2.24) is 10.2 Å². The van der Waals surface area contributed by atoms with Crippen LogP contribution in [-0.2, 0) is 26.2 Å². The molecule has 2 amide bonds. The zero-order valence-corrected chi connectivity index (χ0v) is 19.8. The summed E-state index contributed by atoms with van der Waals surface area (Å²) in [6.45, 7) is 6.16. The summed E-state index contributed by atoms with van der Waals surface area (Å²) in [7, 11) is -3.80. The van der Waals surface area contributed by atoms with Gasteiger partial charge in [0, 0.05) is 18.2 Å². The lowest BCUT2D eigenvalue weighted by Crippen LogP contribution is -2.52. The van der Waals surface area contributed by atoms with Crippen LogP contribution in [0.2, 0.25) is 0 Å². The lowest BCUT2D eigenvalue weighted by Gasteiger charge is -2.32. The Morgan fingerprint density at radius 1 is 1.03 bits per heavy atom. The maximum Gasteiger partial charge on any atom is 0.244 e. The number of carbonyl (C=O) groups is 2. The molecule has 0 aliphatic heterocycles. The lowest BCUT2D eigenvalue weighted by molar-refractivity contribution is -0.139. The van der Waals surface area contributed by atoms with Gasteiger partial charge in [-0.25, -0.2) is 12.8 Å². The molecule has 0 saturated carbocycles. The first-order valence-corrected chi connectivity index (χ1v) is 12.1. The van der Waals surface area contributed by atoms with Gasteiger partial charge in [-0.05, 0) is 45.4 Å². The van der Waals surface area contributed by atoms with Crippen molar-refractivity contribution in [3.63, 3.8) is 0 Å². The zero-order chi connectivity index (χ0) is 24.1. The second kappa shape index (κ2) is 10.6. The minimum Gasteiger partial charge on any atom is -0.352 e. The molecule has 1 atom stereocenters. The lowest BCUT2D eigenvalue weighted by atomic mass is 10.1. The molecule has 0 bridgehead atoms. The van der Waals surface area contributed by atoms with Gasteiger partial charge in [0.05, 0.1) is 11.9 Å². The van der Waals surface area contributed by atoms with Crippen LogP contribution >= 0.6 is 0 Å². The first-order valence-electron chi connectivity index (χ1n) is 10.3. The minimum atomic E-state index is -3.80. The van der Waals surface area contributed by atoms with E-state index in [0.717, 1.165) is 10.6 Å². The van der Waals surface area contributed by atoms with E-state index in [1.54, 1.807) is 51.1 Å². The third-order valence-corrected chi connectivity index (χ3v) is 6.09. The van der Waals surface area contributed by atoms with Crippen LogP contribution in [0.3, 0.4) is 0 Å². The number of carbonyl (C=O) groups excluding carboxylic acids is 2. The highest BCUT2D eigenvalue weighted by atomic mass is 32.2. The summed E-state index contributed by atoms with van der Waals surface area (Å²) in [6.07, 6.45) is 1.02. The Morgan fingerprint density at radius 3 is 2.19 bits per heavy atom. The fourth-order valence-corrected chi connectivity index (χ4v) is 4.14. The molecule has 0 aliphatic carbocycles. The van der Waals surface area contributed by atoms with Crippen LogP contribution in [-0.4, -0.2) is 50.0 Å². The second-order valence-corrected chi connectivity index (χ2v) is 9.92. The van der Waals surface area contributed by atoms with Crippen molar-refractivity contribution in [3.05, 3.63) is 65.5 Å². The predicted octanol–water partition coefficient (Wildman–Crippen LogP) is 2.84. The normalized spacial score (nSPS) is 12.3. The Balaban J connectivity index is 2.42. The van der Waals surface area contributed by atoms with E-state index >= 15 is 0 Å². The maximum atomic E-state index is 14.3. The molecule has 0 unspecified atom stereocenters. The summed E-state index contributed by atoms with van der Waals surface area (Å²) in [5, 5.41) is 2.74. The van der Waals surface area contributed by atoms with Gasteiger partial charge in [-0.1, -0.05) is 36.4 Å². The molecule has 2 aromatic carbocycles. The van der Waals surface area contributed by atoms with Gasteiger partial charge in [0.2, 0.25) is 21.8 Å². The molecule has 9 heteroatoms. The predicted molar refractivity (Wildman–Crippen MR) is 123 cm³/mol. The minimum absolute atomic E-state index is 0.158. The van der Waals surface area contributed by atoms with Crippen molar-refractivity contribution in [2.24, 2.45) is 0 Å². The Kier molecular flexibility index (Phi) is 8.38. The van der Waals surface area contributed by atoms with Crippen LogP contribution < -0.4 is 9.62 Å². The molecule has 32 heavy (non-hydrogen) atoms.